The lowest BCUT2D eigenvalue weighted by atomic mass is 10.0. The molecule has 1 unspecified atom stereocenters. The number of carbonyl (C=O) groups excluding carboxylic acids is 1. The number of thiophene rings is 1. The fraction of sp³-hybridized carbons (Fsp3) is 0.455. The van der Waals surface area contributed by atoms with Crippen LogP contribution >= 0.6 is 11.3 Å². The number of amides is 1. The second kappa shape index (κ2) is 3.46. The summed E-state index contributed by atoms with van der Waals surface area (Å²) in [6.07, 6.45) is 2.44. The number of aliphatic carboxylic acids is 1. The molecule has 1 atom stereocenters. The van der Waals surface area contributed by atoms with Crippen molar-refractivity contribution >= 4 is 23.4 Å². The van der Waals surface area contributed by atoms with E-state index in [-0.39, 0.29) is 6.54 Å². The Morgan fingerprint density at radius 3 is 2.94 bits per heavy atom. The molecule has 17 heavy (non-hydrogen) atoms. The molecule has 0 spiro atoms. The molecule has 1 saturated heterocycles. The minimum absolute atomic E-state index is 0.000556. The van der Waals surface area contributed by atoms with Crippen LogP contribution in [-0.2, 0) is 28.0 Å². The minimum Gasteiger partial charge on any atom is -0.478 e. The molecule has 0 radical (unpaired) electrons. The van der Waals surface area contributed by atoms with E-state index in [0.29, 0.717) is 4.88 Å². The number of ether oxygens (including phenoxy) is 1. The van der Waals surface area contributed by atoms with Gasteiger partial charge in [0.25, 0.3) is 5.60 Å². The lowest BCUT2D eigenvalue weighted by Gasteiger charge is -2.19. The van der Waals surface area contributed by atoms with Crippen molar-refractivity contribution in [3.8, 4) is 0 Å². The second-order valence-corrected chi connectivity index (χ2v) is 5.42. The highest BCUT2D eigenvalue weighted by molar-refractivity contribution is 7.12. The van der Waals surface area contributed by atoms with Gasteiger partial charge < -0.3 is 15.2 Å². The number of fused-ring (bicyclic) bond motifs is 1. The van der Waals surface area contributed by atoms with Gasteiger partial charge in [-0.2, -0.15) is 0 Å². The third-order valence-corrected chi connectivity index (χ3v) is 4.62. The molecule has 2 aliphatic rings. The van der Waals surface area contributed by atoms with E-state index >= 15 is 0 Å². The fourth-order valence-corrected chi connectivity index (χ4v) is 3.69. The van der Waals surface area contributed by atoms with Crippen LogP contribution in [-0.4, -0.2) is 23.7 Å². The molecule has 1 amide bonds. The Kier molecular flexibility index (Phi) is 2.16. The predicted molar refractivity (Wildman–Crippen MR) is 60.1 cm³/mol. The maximum absolute atomic E-state index is 11.4. The zero-order chi connectivity index (χ0) is 12.0. The molecular formula is C11H11NO4S. The number of carbonyl (C=O) groups is 2. The smallest absolute Gasteiger partial charge is 0.408 e. The Hall–Kier alpha value is -1.56. The van der Waals surface area contributed by atoms with Crippen molar-refractivity contribution in [2.75, 3.05) is 6.54 Å². The van der Waals surface area contributed by atoms with Gasteiger partial charge in [-0.05, 0) is 30.9 Å². The Bertz CT molecular complexity index is 488. The molecule has 1 aliphatic carbocycles. The minimum atomic E-state index is -1.52. The summed E-state index contributed by atoms with van der Waals surface area (Å²) in [4.78, 5) is 24.3. The van der Waals surface area contributed by atoms with Crippen LogP contribution in [0, 0.1) is 0 Å². The molecule has 5 nitrogen and oxygen atoms in total. The van der Waals surface area contributed by atoms with E-state index < -0.39 is 17.7 Å². The quantitative estimate of drug-likeness (QED) is 0.832. The number of carboxylic acids is 1. The van der Waals surface area contributed by atoms with E-state index in [1.807, 2.05) is 6.07 Å². The summed E-state index contributed by atoms with van der Waals surface area (Å²) in [6.45, 7) is 0.000556. The van der Waals surface area contributed by atoms with E-state index in [0.717, 1.165) is 19.3 Å². The molecule has 2 N–H and O–H groups in total. The standard InChI is InChI=1S/C11H11NO4S/c13-9(14)11(5-12-10(15)16-11)8-4-6-2-1-3-7(6)17-8/h4H,1-3,5H2,(H,12,15)(H,13,14). The fourth-order valence-electron chi connectivity index (χ4n) is 2.32. The number of aryl methyl sites for hydroxylation is 2. The van der Waals surface area contributed by atoms with Gasteiger partial charge in [-0.25, -0.2) is 9.59 Å². The van der Waals surface area contributed by atoms with Crippen LogP contribution in [0.3, 0.4) is 0 Å². The maximum atomic E-state index is 11.4. The zero-order valence-electron chi connectivity index (χ0n) is 8.99. The third kappa shape index (κ3) is 1.44. The van der Waals surface area contributed by atoms with Gasteiger partial charge >= 0.3 is 12.1 Å². The van der Waals surface area contributed by atoms with Crippen molar-refractivity contribution in [2.24, 2.45) is 0 Å². The summed E-state index contributed by atoms with van der Waals surface area (Å²) in [5.41, 5.74) is -0.319. The van der Waals surface area contributed by atoms with Gasteiger partial charge in [-0.3, -0.25) is 0 Å². The Balaban J connectivity index is 2.04. The summed E-state index contributed by atoms with van der Waals surface area (Å²) in [5, 5.41) is 11.7. The molecule has 0 aromatic carbocycles. The van der Waals surface area contributed by atoms with Crippen molar-refractivity contribution in [1.29, 1.82) is 0 Å². The van der Waals surface area contributed by atoms with Crippen molar-refractivity contribution in [3.05, 3.63) is 21.4 Å². The summed E-state index contributed by atoms with van der Waals surface area (Å²) in [6, 6.07) is 1.88. The average Bonchev–Trinajstić information content (AvgIpc) is 2.89. The largest absolute Gasteiger partial charge is 0.478 e. The van der Waals surface area contributed by atoms with Gasteiger partial charge in [0.05, 0.1) is 11.4 Å². The van der Waals surface area contributed by atoms with Crippen molar-refractivity contribution in [3.63, 3.8) is 0 Å². The van der Waals surface area contributed by atoms with Gasteiger partial charge in [-0.15, -0.1) is 11.3 Å². The summed E-state index contributed by atoms with van der Waals surface area (Å²) < 4.78 is 4.99. The van der Waals surface area contributed by atoms with E-state index in [9.17, 15) is 14.7 Å². The first-order valence-electron chi connectivity index (χ1n) is 5.44. The van der Waals surface area contributed by atoms with Crippen LogP contribution in [0.5, 0.6) is 0 Å². The van der Waals surface area contributed by atoms with Gasteiger partial charge in [0.2, 0.25) is 0 Å². The normalized spacial score (nSPS) is 26.5. The summed E-state index contributed by atoms with van der Waals surface area (Å²) in [7, 11) is 0. The van der Waals surface area contributed by atoms with Crippen LogP contribution in [0.1, 0.15) is 21.7 Å². The Labute approximate surface area is 101 Å². The first-order chi connectivity index (χ1) is 8.12. The van der Waals surface area contributed by atoms with E-state index in [2.05, 4.69) is 5.32 Å². The average molecular weight is 253 g/mol. The molecule has 6 heteroatoms. The number of alkyl carbamates (subject to hydrolysis) is 1. The molecule has 2 heterocycles. The van der Waals surface area contributed by atoms with Gasteiger partial charge in [0, 0.05) is 4.88 Å². The number of rotatable bonds is 2. The highest BCUT2D eigenvalue weighted by Crippen LogP contribution is 2.39. The predicted octanol–water partition coefficient (Wildman–Crippen LogP) is 1.26. The van der Waals surface area contributed by atoms with Gasteiger partial charge in [-0.1, -0.05) is 0 Å². The van der Waals surface area contributed by atoms with E-state index in [4.69, 9.17) is 4.74 Å². The van der Waals surface area contributed by atoms with Crippen LogP contribution < -0.4 is 5.32 Å². The number of hydrogen-bond acceptors (Lipinski definition) is 4. The van der Waals surface area contributed by atoms with Crippen LogP contribution in [0.4, 0.5) is 4.79 Å². The molecule has 1 aromatic rings. The molecule has 90 valence electrons. The lowest BCUT2D eigenvalue weighted by molar-refractivity contribution is -0.155. The molecule has 0 saturated carbocycles. The lowest BCUT2D eigenvalue weighted by Crippen LogP contribution is -2.38. The summed E-state index contributed by atoms with van der Waals surface area (Å²) >= 11 is 1.45. The topological polar surface area (TPSA) is 75.6 Å². The number of hydrogen-bond donors (Lipinski definition) is 2. The first-order valence-corrected chi connectivity index (χ1v) is 6.26. The second-order valence-electron chi connectivity index (χ2n) is 4.29. The van der Waals surface area contributed by atoms with Crippen LogP contribution in [0.15, 0.2) is 6.07 Å². The third-order valence-electron chi connectivity index (χ3n) is 3.24. The highest BCUT2D eigenvalue weighted by Gasteiger charge is 2.51. The van der Waals surface area contributed by atoms with E-state index in [1.165, 1.54) is 21.8 Å². The van der Waals surface area contributed by atoms with Crippen molar-refractivity contribution in [2.45, 2.75) is 24.9 Å². The number of carboxylic acid groups (broad SMARTS) is 1. The first kappa shape index (κ1) is 10.6. The Morgan fingerprint density at radius 1 is 1.53 bits per heavy atom. The SMILES string of the molecule is O=C1NCC(C(=O)O)(c2cc3c(s2)CCC3)O1. The molecule has 1 aliphatic heterocycles. The monoisotopic (exact) mass is 253 g/mol. The molecule has 3 rings (SSSR count). The van der Waals surface area contributed by atoms with Gasteiger partial charge in [0.1, 0.15) is 0 Å². The molecule has 1 fully saturated rings. The zero-order valence-corrected chi connectivity index (χ0v) is 9.80. The van der Waals surface area contributed by atoms with Crippen LogP contribution in [0.2, 0.25) is 0 Å². The number of cyclic esters (lactones) is 1. The van der Waals surface area contributed by atoms with Crippen molar-refractivity contribution in [1.82, 2.24) is 5.32 Å². The molecular weight excluding hydrogens is 242 g/mol. The van der Waals surface area contributed by atoms with Crippen molar-refractivity contribution < 1.29 is 19.4 Å². The van der Waals surface area contributed by atoms with E-state index in [1.54, 1.807) is 0 Å². The molecule has 1 aromatic heterocycles. The highest BCUT2D eigenvalue weighted by atomic mass is 32.1. The maximum Gasteiger partial charge on any atom is 0.408 e. The number of nitrogens with one attached hydrogen (secondary N) is 1. The molecule has 0 bridgehead atoms. The summed E-state index contributed by atoms with van der Waals surface area (Å²) in [5.74, 6) is -1.12. The van der Waals surface area contributed by atoms with Gasteiger partial charge in [0.15, 0.2) is 0 Å². The Morgan fingerprint density at radius 2 is 2.35 bits per heavy atom. The van der Waals surface area contributed by atoms with Crippen LogP contribution in [0.25, 0.3) is 0 Å².